The first-order chi connectivity index (χ1) is 18.1. The molecule has 1 heterocycles. The molecule has 2 aromatic rings. The van der Waals surface area contributed by atoms with Gasteiger partial charge in [-0.25, -0.2) is 19.2 Å². The van der Waals surface area contributed by atoms with Crippen LogP contribution in [0.2, 0.25) is 0 Å². The van der Waals surface area contributed by atoms with Gasteiger partial charge in [0.2, 0.25) is 5.96 Å². The van der Waals surface area contributed by atoms with Crippen molar-refractivity contribution in [3.05, 3.63) is 53.1 Å². The van der Waals surface area contributed by atoms with E-state index in [9.17, 15) is 24.3 Å². The Hall–Kier alpha value is -4.61. The first-order valence-electron chi connectivity index (χ1n) is 12.0. The van der Waals surface area contributed by atoms with E-state index in [1.54, 1.807) is 47.6 Å². The summed E-state index contributed by atoms with van der Waals surface area (Å²) >= 11 is 0. The van der Waals surface area contributed by atoms with Crippen LogP contribution in [0.4, 0.5) is 15.3 Å². The second kappa shape index (κ2) is 11.4. The summed E-state index contributed by atoms with van der Waals surface area (Å²) in [5, 5.41) is 14.7. The Labute approximate surface area is 225 Å². The summed E-state index contributed by atoms with van der Waals surface area (Å²) in [6, 6.07) is 8.86. The fourth-order valence-electron chi connectivity index (χ4n) is 3.41. The number of nitrogens with zero attached hydrogens (tertiary/aromatic N) is 1. The number of esters is 1. The van der Waals surface area contributed by atoms with Gasteiger partial charge in [0.25, 0.3) is 0 Å². The van der Waals surface area contributed by atoms with E-state index in [1.165, 1.54) is 30.3 Å². The Morgan fingerprint density at radius 1 is 1.00 bits per heavy atom. The lowest BCUT2D eigenvalue weighted by Gasteiger charge is -2.21. The van der Waals surface area contributed by atoms with Crippen LogP contribution >= 0.6 is 0 Å². The smallest absolute Gasteiger partial charge is 0.437 e. The van der Waals surface area contributed by atoms with E-state index >= 15 is 0 Å². The third-order valence-corrected chi connectivity index (χ3v) is 4.83. The van der Waals surface area contributed by atoms with Gasteiger partial charge in [-0.15, -0.1) is 4.99 Å². The molecule has 0 spiro atoms. The first kappa shape index (κ1) is 29.0. The van der Waals surface area contributed by atoms with E-state index in [-0.39, 0.29) is 41.6 Å². The molecule has 1 aliphatic rings. The zero-order valence-corrected chi connectivity index (χ0v) is 22.5. The number of carbonyl (C=O) groups is 4. The van der Waals surface area contributed by atoms with Crippen LogP contribution in [-0.4, -0.2) is 53.0 Å². The van der Waals surface area contributed by atoms with Crippen molar-refractivity contribution in [2.45, 2.75) is 59.2 Å². The van der Waals surface area contributed by atoms with Crippen LogP contribution in [0.15, 0.2) is 41.4 Å². The number of anilines is 1. The predicted octanol–water partition coefficient (Wildman–Crippen LogP) is 4.77. The Balaban J connectivity index is 1.89. The maximum absolute atomic E-state index is 12.9. The van der Waals surface area contributed by atoms with Gasteiger partial charge in [-0.3, -0.25) is 5.32 Å². The van der Waals surface area contributed by atoms with Crippen LogP contribution in [0.5, 0.6) is 11.5 Å². The van der Waals surface area contributed by atoms with Crippen molar-refractivity contribution in [1.29, 1.82) is 0 Å². The Morgan fingerprint density at radius 3 is 2.33 bits per heavy atom. The Morgan fingerprint density at radius 2 is 1.69 bits per heavy atom. The molecule has 0 bridgehead atoms. The third kappa shape index (κ3) is 8.45. The SMILES string of the molecule is CC(C)(C)OC(=O)N=C(NC(=O)OC(C)(C)C)Nc1ccc2c(c1)CCOc1c(cccc1C(=O)O)OC2=O. The van der Waals surface area contributed by atoms with Gasteiger partial charge in [-0.2, -0.15) is 0 Å². The van der Waals surface area contributed by atoms with Crippen LogP contribution in [0, 0.1) is 0 Å². The van der Waals surface area contributed by atoms with Crippen LogP contribution in [-0.2, 0) is 15.9 Å². The molecule has 0 saturated heterocycles. The number of rotatable bonds is 2. The average Bonchev–Trinajstić information content (AvgIpc) is 2.83. The highest BCUT2D eigenvalue weighted by atomic mass is 16.6. The minimum absolute atomic E-state index is 0.0108. The van der Waals surface area contributed by atoms with Gasteiger partial charge in [-0.1, -0.05) is 6.07 Å². The van der Waals surface area contributed by atoms with Crippen molar-refractivity contribution in [1.82, 2.24) is 5.32 Å². The average molecular weight is 542 g/mol. The zero-order chi connectivity index (χ0) is 29.0. The van der Waals surface area contributed by atoms with Crippen molar-refractivity contribution >= 4 is 35.8 Å². The molecule has 0 atom stereocenters. The number of guanidine groups is 1. The van der Waals surface area contributed by atoms with Gasteiger partial charge in [0.1, 0.15) is 16.8 Å². The standard InChI is InChI=1S/C27H31N3O9/c1-26(2,3)38-24(34)29-23(30-25(35)39-27(4,5)6)28-16-10-11-17-15(14-16)12-13-36-20-18(21(31)32)8-7-9-19(20)37-22(17)33/h7-11,14H,12-13H2,1-6H3,(H,31,32)(H2,28,29,30,34,35). The fraction of sp³-hybridized carbons (Fsp3) is 0.370. The number of hydrogen-bond acceptors (Lipinski definition) is 8. The van der Waals surface area contributed by atoms with Crippen LogP contribution in [0.3, 0.4) is 0 Å². The lowest BCUT2D eigenvalue weighted by atomic mass is 10.0. The highest BCUT2D eigenvalue weighted by molar-refractivity contribution is 6.06. The summed E-state index contributed by atoms with van der Waals surface area (Å²) in [6.45, 7) is 10.1. The highest BCUT2D eigenvalue weighted by Crippen LogP contribution is 2.34. The van der Waals surface area contributed by atoms with E-state index in [0.717, 1.165) is 0 Å². The molecule has 208 valence electrons. The topological polar surface area (TPSA) is 162 Å². The molecule has 0 unspecified atom stereocenters. The quantitative estimate of drug-likeness (QED) is 0.209. The largest absolute Gasteiger partial charge is 0.488 e. The fourth-order valence-corrected chi connectivity index (χ4v) is 3.41. The van der Waals surface area contributed by atoms with Crippen LogP contribution < -0.4 is 20.1 Å². The number of aliphatic imine (C=N–C) groups is 1. The number of carboxylic acid groups (broad SMARTS) is 1. The van der Waals surface area contributed by atoms with Crippen molar-refractivity contribution < 1.29 is 43.2 Å². The van der Waals surface area contributed by atoms with Crippen molar-refractivity contribution in [3.8, 4) is 11.5 Å². The van der Waals surface area contributed by atoms with Crippen molar-refractivity contribution in [2.24, 2.45) is 4.99 Å². The van der Waals surface area contributed by atoms with Gasteiger partial charge in [0, 0.05) is 12.1 Å². The molecule has 0 saturated carbocycles. The number of carbonyl (C=O) groups excluding carboxylic acids is 3. The van der Waals surface area contributed by atoms with E-state index in [1.807, 2.05) is 0 Å². The summed E-state index contributed by atoms with van der Waals surface area (Å²) in [5.74, 6) is -2.25. The molecule has 0 fully saturated rings. The summed E-state index contributed by atoms with van der Waals surface area (Å²) in [5.41, 5.74) is -0.669. The molecule has 3 rings (SSSR count). The Bertz CT molecular complexity index is 1320. The first-order valence-corrected chi connectivity index (χ1v) is 12.0. The second-order valence-corrected chi connectivity index (χ2v) is 10.5. The molecule has 0 radical (unpaired) electrons. The molecule has 2 aromatic carbocycles. The molecule has 12 nitrogen and oxygen atoms in total. The van der Waals surface area contributed by atoms with Gasteiger partial charge in [0.05, 0.1) is 12.2 Å². The number of carboxylic acids is 1. The normalized spacial score (nSPS) is 13.7. The highest BCUT2D eigenvalue weighted by Gasteiger charge is 2.24. The maximum atomic E-state index is 12.9. The minimum Gasteiger partial charge on any atom is -0.488 e. The van der Waals surface area contributed by atoms with Gasteiger partial charge in [0.15, 0.2) is 11.5 Å². The number of aromatic carboxylic acids is 1. The number of amides is 2. The van der Waals surface area contributed by atoms with E-state index in [2.05, 4.69) is 15.6 Å². The molecule has 3 N–H and O–H groups in total. The van der Waals surface area contributed by atoms with Gasteiger partial charge < -0.3 is 29.4 Å². The molecule has 1 aliphatic heterocycles. The van der Waals surface area contributed by atoms with Crippen LogP contribution in [0.1, 0.15) is 67.8 Å². The molecule has 2 amide bonds. The molecule has 0 aliphatic carbocycles. The molecular formula is C27H31N3O9. The number of benzene rings is 2. The van der Waals surface area contributed by atoms with E-state index in [4.69, 9.17) is 18.9 Å². The number of hydrogen-bond donors (Lipinski definition) is 3. The number of nitrogens with one attached hydrogen (secondary N) is 2. The summed E-state index contributed by atoms with van der Waals surface area (Å²) in [4.78, 5) is 53.1. The number of para-hydroxylation sites is 1. The van der Waals surface area contributed by atoms with Gasteiger partial charge >= 0.3 is 24.1 Å². The van der Waals surface area contributed by atoms with Crippen molar-refractivity contribution in [3.63, 3.8) is 0 Å². The molecule has 0 aromatic heterocycles. The minimum atomic E-state index is -1.22. The lowest BCUT2D eigenvalue weighted by molar-refractivity contribution is 0.0560. The summed E-state index contributed by atoms with van der Waals surface area (Å²) < 4.78 is 21.6. The Kier molecular flexibility index (Phi) is 8.48. The van der Waals surface area contributed by atoms with Gasteiger partial charge in [-0.05, 0) is 77.4 Å². The van der Waals surface area contributed by atoms with E-state index < -0.39 is 35.3 Å². The van der Waals surface area contributed by atoms with E-state index in [0.29, 0.717) is 11.3 Å². The zero-order valence-electron chi connectivity index (χ0n) is 22.5. The third-order valence-electron chi connectivity index (χ3n) is 4.83. The second-order valence-electron chi connectivity index (χ2n) is 10.5. The molecule has 39 heavy (non-hydrogen) atoms. The molecule has 12 heteroatoms. The maximum Gasteiger partial charge on any atom is 0.437 e. The molecular weight excluding hydrogens is 510 g/mol. The number of alkyl carbamates (subject to hydrolysis) is 1. The monoisotopic (exact) mass is 541 g/mol. The summed E-state index contributed by atoms with van der Waals surface area (Å²) in [6.07, 6.45) is -1.59. The lowest BCUT2D eigenvalue weighted by Crippen LogP contribution is -2.40. The predicted molar refractivity (Wildman–Crippen MR) is 141 cm³/mol. The van der Waals surface area contributed by atoms with Crippen LogP contribution in [0.25, 0.3) is 0 Å². The number of fused-ring (bicyclic) bond motifs is 2. The number of ether oxygens (including phenoxy) is 4. The van der Waals surface area contributed by atoms with Crippen molar-refractivity contribution in [2.75, 3.05) is 11.9 Å². The summed E-state index contributed by atoms with van der Waals surface area (Å²) in [7, 11) is 0.